The minimum atomic E-state index is -0.855. The van der Waals surface area contributed by atoms with Crippen molar-refractivity contribution in [2.45, 2.75) is 232 Å². The van der Waals surface area contributed by atoms with Crippen molar-refractivity contribution in [2.24, 2.45) is 0 Å². The molecule has 0 aliphatic carbocycles. The second kappa shape index (κ2) is 61.3. The van der Waals surface area contributed by atoms with Crippen LogP contribution in [-0.2, 0) is 28.6 Å². The van der Waals surface area contributed by atoms with Crippen LogP contribution in [0.4, 0.5) is 0 Å². The number of hydrogen-bond acceptors (Lipinski definition) is 6. The van der Waals surface area contributed by atoms with E-state index in [0.717, 1.165) is 141 Å². The summed E-state index contributed by atoms with van der Waals surface area (Å²) in [6, 6.07) is 0. The van der Waals surface area contributed by atoms with E-state index in [1.165, 1.54) is 38.5 Å². The van der Waals surface area contributed by atoms with Gasteiger partial charge < -0.3 is 14.2 Å². The Morgan fingerprint density at radius 1 is 0.293 bits per heavy atom. The fourth-order valence-corrected chi connectivity index (χ4v) is 7.35. The van der Waals surface area contributed by atoms with E-state index in [9.17, 15) is 14.4 Å². The molecular weight excluding hydrogens is 925 g/mol. The van der Waals surface area contributed by atoms with Crippen molar-refractivity contribution in [1.82, 2.24) is 0 Å². The summed E-state index contributed by atoms with van der Waals surface area (Å²) in [6.07, 6.45) is 90.9. The predicted octanol–water partition coefficient (Wildman–Crippen LogP) is 20.3. The molecule has 0 aromatic rings. The van der Waals surface area contributed by atoms with Gasteiger partial charge in [-0.05, 0) is 135 Å². The zero-order valence-electron chi connectivity index (χ0n) is 47.7. The lowest BCUT2D eigenvalue weighted by atomic mass is 10.1. The first-order chi connectivity index (χ1) is 37.0. The second-order valence-corrected chi connectivity index (χ2v) is 18.8. The van der Waals surface area contributed by atoms with Gasteiger partial charge >= 0.3 is 17.9 Å². The molecule has 0 fully saturated rings. The summed E-state index contributed by atoms with van der Waals surface area (Å²) in [5.41, 5.74) is 0. The van der Waals surface area contributed by atoms with Gasteiger partial charge in [0.25, 0.3) is 0 Å². The number of esters is 3. The Balaban J connectivity index is 4.48. The number of hydrogen-bond donors (Lipinski definition) is 0. The van der Waals surface area contributed by atoms with Crippen LogP contribution in [0.25, 0.3) is 0 Å². The molecule has 0 bridgehead atoms. The van der Waals surface area contributed by atoms with Crippen molar-refractivity contribution < 1.29 is 28.6 Å². The fourth-order valence-electron chi connectivity index (χ4n) is 7.35. The largest absolute Gasteiger partial charge is 0.462 e. The molecule has 0 rings (SSSR count). The van der Waals surface area contributed by atoms with Crippen LogP contribution in [0.1, 0.15) is 226 Å². The minimum Gasteiger partial charge on any atom is -0.462 e. The van der Waals surface area contributed by atoms with Crippen LogP contribution in [0.15, 0.2) is 170 Å². The van der Waals surface area contributed by atoms with Crippen molar-refractivity contribution in [3.05, 3.63) is 170 Å². The molecule has 0 N–H and O–H groups in total. The van der Waals surface area contributed by atoms with Gasteiger partial charge in [-0.3, -0.25) is 14.4 Å². The zero-order chi connectivity index (χ0) is 54.3. The molecule has 0 aromatic heterocycles. The Labute approximate surface area is 460 Å². The van der Waals surface area contributed by atoms with E-state index in [1.54, 1.807) is 6.08 Å². The zero-order valence-corrected chi connectivity index (χ0v) is 47.7. The van der Waals surface area contributed by atoms with Crippen LogP contribution in [0, 0.1) is 0 Å². The number of rotatable bonds is 51. The van der Waals surface area contributed by atoms with Gasteiger partial charge in [-0.2, -0.15) is 0 Å². The molecule has 75 heavy (non-hydrogen) atoms. The first-order valence-corrected chi connectivity index (χ1v) is 29.6. The maximum absolute atomic E-state index is 12.8. The number of allylic oxidation sites excluding steroid dienone is 27. The van der Waals surface area contributed by atoms with Crippen molar-refractivity contribution >= 4 is 17.9 Å². The van der Waals surface area contributed by atoms with Crippen molar-refractivity contribution in [2.75, 3.05) is 13.2 Å². The van der Waals surface area contributed by atoms with E-state index in [0.29, 0.717) is 19.3 Å². The van der Waals surface area contributed by atoms with Crippen molar-refractivity contribution in [3.63, 3.8) is 0 Å². The minimum absolute atomic E-state index is 0.0810. The highest BCUT2D eigenvalue weighted by Gasteiger charge is 2.19. The monoisotopic (exact) mass is 1030 g/mol. The van der Waals surface area contributed by atoms with Crippen molar-refractivity contribution in [1.29, 1.82) is 0 Å². The first-order valence-electron chi connectivity index (χ1n) is 29.6. The van der Waals surface area contributed by atoms with Gasteiger partial charge in [0, 0.05) is 12.8 Å². The number of carbonyl (C=O) groups excluding carboxylic acids is 3. The lowest BCUT2D eigenvalue weighted by Gasteiger charge is -2.18. The lowest BCUT2D eigenvalue weighted by Crippen LogP contribution is -2.30. The standard InChI is InChI=1S/C69H106O6/c1-4-7-10-13-16-19-22-25-27-28-29-30-31-32-33-34-35-36-37-38-39-40-42-44-47-50-53-56-59-62-68(71)74-65-66(64-73-67(70)61-58-55-52-49-46-43-24-21-18-15-12-9-6-3)75-69(72)63-60-57-54-51-48-45-41-26-23-20-17-14-11-8-5-2/h7-8,10-11,16-17,19-21,24-27,29-30,32-33,35-36,38-39,41-42,44,48,51,57,60,66H,4-6,9,12-15,18,22-23,28,31,34,37,40,43,45-47,49-50,52-56,58-59,61-65H2,1-3H3/b10-7-,11-8-,19-16-,20-17-,24-21-,27-25-,30-29-,33-32-,36-35-,39-38-,41-26-,44-42-,51-48-,60-57-. The summed E-state index contributed by atoms with van der Waals surface area (Å²) in [4.78, 5) is 38.1. The van der Waals surface area contributed by atoms with Crippen LogP contribution in [0.5, 0.6) is 0 Å². The summed E-state index contributed by atoms with van der Waals surface area (Å²) in [5.74, 6) is -1.11. The average molecular weight is 1030 g/mol. The summed E-state index contributed by atoms with van der Waals surface area (Å²) >= 11 is 0. The van der Waals surface area contributed by atoms with E-state index in [4.69, 9.17) is 14.2 Å². The highest BCUT2D eigenvalue weighted by molar-refractivity contribution is 5.72. The Morgan fingerprint density at radius 3 is 0.893 bits per heavy atom. The number of carbonyl (C=O) groups is 3. The van der Waals surface area contributed by atoms with Gasteiger partial charge in [0.05, 0.1) is 6.42 Å². The van der Waals surface area contributed by atoms with Crippen LogP contribution in [0.2, 0.25) is 0 Å². The lowest BCUT2D eigenvalue weighted by molar-refractivity contribution is -0.166. The molecule has 418 valence electrons. The van der Waals surface area contributed by atoms with Gasteiger partial charge in [0.15, 0.2) is 6.10 Å². The highest BCUT2D eigenvalue weighted by Crippen LogP contribution is 2.12. The Morgan fingerprint density at radius 2 is 0.560 bits per heavy atom. The van der Waals surface area contributed by atoms with E-state index in [1.807, 2.05) is 6.08 Å². The van der Waals surface area contributed by atoms with Crippen LogP contribution >= 0.6 is 0 Å². The van der Waals surface area contributed by atoms with Gasteiger partial charge in [-0.25, -0.2) is 0 Å². The maximum atomic E-state index is 12.8. The molecule has 1 atom stereocenters. The van der Waals surface area contributed by atoms with E-state index in [-0.39, 0.29) is 31.6 Å². The van der Waals surface area contributed by atoms with Gasteiger partial charge in [-0.1, -0.05) is 242 Å². The molecule has 0 saturated carbocycles. The van der Waals surface area contributed by atoms with Gasteiger partial charge in [0.1, 0.15) is 13.2 Å². The van der Waals surface area contributed by atoms with E-state index in [2.05, 4.69) is 179 Å². The molecule has 0 aliphatic heterocycles. The van der Waals surface area contributed by atoms with Crippen LogP contribution < -0.4 is 0 Å². The van der Waals surface area contributed by atoms with E-state index >= 15 is 0 Å². The SMILES string of the molecule is CC/C=C\C/C=C\C/C=C\C/C=C\C/C=C\C/C=C\C/C=C\C/C=C\CCCCCCC(=O)OCC(COC(=O)CCCCCCC/C=C\CCCCCC)OC(=O)C/C=C\C/C=C\C/C=C\C/C=C\C/C=C\CC. The number of ether oxygens (including phenoxy) is 3. The van der Waals surface area contributed by atoms with Gasteiger partial charge in [-0.15, -0.1) is 0 Å². The van der Waals surface area contributed by atoms with E-state index < -0.39 is 12.1 Å². The third-order valence-electron chi connectivity index (χ3n) is 11.7. The Hall–Kier alpha value is -5.23. The molecule has 0 aromatic carbocycles. The molecule has 0 spiro atoms. The van der Waals surface area contributed by atoms with Crippen LogP contribution in [-0.4, -0.2) is 37.2 Å². The first kappa shape index (κ1) is 69.8. The Kier molecular flexibility index (Phi) is 57.0. The molecule has 0 amide bonds. The van der Waals surface area contributed by atoms with Gasteiger partial charge in [0.2, 0.25) is 0 Å². The normalized spacial score (nSPS) is 13.4. The molecule has 0 aliphatic rings. The quantitative estimate of drug-likeness (QED) is 0.0261. The Bertz CT molecular complexity index is 1750. The predicted molar refractivity (Wildman–Crippen MR) is 325 cm³/mol. The molecule has 1 unspecified atom stereocenters. The molecule has 0 heterocycles. The molecule has 0 radical (unpaired) electrons. The molecule has 6 nitrogen and oxygen atoms in total. The summed E-state index contributed by atoms with van der Waals surface area (Å²) in [5, 5.41) is 0. The topological polar surface area (TPSA) is 78.9 Å². The molecule has 6 heteroatoms. The summed E-state index contributed by atoms with van der Waals surface area (Å²) < 4.78 is 16.7. The third kappa shape index (κ3) is 59.5. The molecule has 0 saturated heterocycles. The molecular formula is C69H106O6. The highest BCUT2D eigenvalue weighted by atomic mass is 16.6. The number of unbranched alkanes of at least 4 members (excludes halogenated alkanes) is 13. The third-order valence-corrected chi connectivity index (χ3v) is 11.7. The second-order valence-electron chi connectivity index (χ2n) is 18.8. The summed E-state index contributed by atoms with van der Waals surface area (Å²) in [6.45, 7) is 6.26. The van der Waals surface area contributed by atoms with Crippen molar-refractivity contribution in [3.8, 4) is 0 Å². The van der Waals surface area contributed by atoms with Crippen LogP contribution in [0.3, 0.4) is 0 Å². The average Bonchev–Trinajstić information content (AvgIpc) is 3.41. The maximum Gasteiger partial charge on any atom is 0.310 e. The smallest absolute Gasteiger partial charge is 0.310 e. The fraction of sp³-hybridized carbons (Fsp3) is 0.551. The summed E-state index contributed by atoms with van der Waals surface area (Å²) in [7, 11) is 0.